The lowest BCUT2D eigenvalue weighted by Crippen LogP contribution is -2.36. The van der Waals surface area contributed by atoms with Crippen LogP contribution in [-0.4, -0.2) is 31.4 Å². The van der Waals surface area contributed by atoms with Gasteiger partial charge in [-0.05, 0) is 32.0 Å². The van der Waals surface area contributed by atoms with Crippen molar-refractivity contribution in [1.29, 1.82) is 0 Å². The minimum atomic E-state index is -0.670. The highest BCUT2D eigenvalue weighted by Crippen LogP contribution is 2.28. The first-order valence-corrected chi connectivity index (χ1v) is 6.39. The van der Waals surface area contributed by atoms with Crippen LogP contribution in [0.5, 0.6) is 11.5 Å². The predicted molar refractivity (Wildman–Crippen MR) is 76.3 cm³/mol. The Morgan fingerprint density at radius 2 is 2.20 bits per heavy atom. The minimum Gasteiger partial charge on any atom is -0.490 e. The Kier molecular flexibility index (Phi) is 6.29. The van der Waals surface area contributed by atoms with Gasteiger partial charge in [0.2, 0.25) is 0 Å². The van der Waals surface area contributed by atoms with Crippen molar-refractivity contribution in [2.75, 3.05) is 13.2 Å². The van der Waals surface area contributed by atoms with Crippen LogP contribution in [0, 0.1) is 0 Å². The lowest BCUT2D eigenvalue weighted by Gasteiger charge is -2.17. The van der Waals surface area contributed by atoms with Gasteiger partial charge >= 0.3 is 0 Å². The molecule has 20 heavy (non-hydrogen) atoms. The number of carbonyl (C=O) groups is 2. The predicted octanol–water partition coefficient (Wildman–Crippen LogP) is 1.97. The van der Waals surface area contributed by atoms with Crippen molar-refractivity contribution in [3.63, 3.8) is 0 Å². The molecule has 0 heterocycles. The van der Waals surface area contributed by atoms with E-state index in [1.165, 1.54) is 0 Å². The van der Waals surface area contributed by atoms with Crippen LogP contribution in [0.4, 0.5) is 0 Å². The van der Waals surface area contributed by atoms with Crippen molar-refractivity contribution in [3.05, 3.63) is 36.4 Å². The lowest BCUT2D eigenvalue weighted by atomic mass is 10.2. The van der Waals surface area contributed by atoms with Crippen LogP contribution in [-0.2, 0) is 4.79 Å². The SMILES string of the molecule is C=CCNC(=O)C(C)Oc1ccc(C=O)cc1OCC. The van der Waals surface area contributed by atoms with Crippen LogP contribution >= 0.6 is 0 Å². The number of rotatable bonds is 8. The van der Waals surface area contributed by atoms with E-state index in [1.807, 2.05) is 6.92 Å². The molecule has 0 aliphatic rings. The number of aldehydes is 1. The van der Waals surface area contributed by atoms with Crippen molar-refractivity contribution in [2.45, 2.75) is 20.0 Å². The van der Waals surface area contributed by atoms with Crippen LogP contribution < -0.4 is 14.8 Å². The molecule has 0 fully saturated rings. The van der Waals surface area contributed by atoms with Crippen LogP contribution in [0.2, 0.25) is 0 Å². The molecule has 0 spiro atoms. The first kappa shape index (κ1) is 15.8. The topological polar surface area (TPSA) is 64.6 Å². The molecule has 0 bridgehead atoms. The Bertz CT molecular complexity index is 485. The highest BCUT2D eigenvalue weighted by molar-refractivity contribution is 5.81. The van der Waals surface area contributed by atoms with Crippen LogP contribution in [0.3, 0.4) is 0 Å². The largest absolute Gasteiger partial charge is 0.490 e. The third kappa shape index (κ3) is 4.42. The van der Waals surface area contributed by atoms with E-state index in [-0.39, 0.29) is 5.91 Å². The summed E-state index contributed by atoms with van der Waals surface area (Å²) in [5, 5.41) is 2.65. The van der Waals surface area contributed by atoms with Crippen molar-refractivity contribution >= 4 is 12.2 Å². The molecule has 5 heteroatoms. The maximum absolute atomic E-state index is 11.7. The van der Waals surface area contributed by atoms with Gasteiger partial charge in [0.1, 0.15) is 6.29 Å². The molecule has 1 aromatic carbocycles. The van der Waals surface area contributed by atoms with Crippen LogP contribution in [0.25, 0.3) is 0 Å². The molecular formula is C15H19NO4. The minimum absolute atomic E-state index is 0.244. The molecule has 1 N–H and O–H groups in total. The van der Waals surface area contributed by atoms with E-state index in [4.69, 9.17) is 9.47 Å². The average molecular weight is 277 g/mol. The zero-order valence-corrected chi connectivity index (χ0v) is 11.7. The second-order valence-corrected chi connectivity index (χ2v) is 4.05. The Labute approximate surface area is 118 Å². The second kappa shape index (κ2) is 7.99. The normalized spacial score (nSPS) is 11.3. The molecule has 1 unspecified atom stereocenters. The quantitative estimate of drug-likeness (QED) is 0.583. The number of ether oxygens (including phenoxy) is 2. The monoisotopic (exact) mass is 277 g/mol. The fraction of sp³-hybridized carbons (Fsp3) is 0.333. The molecule has 0 saturated heterocycles. The fourth-order valence-corrected chi connectivity index (χ4v) is 1.52. The van der Waals surface area contributed by atoms with Gasteiger partial charge in [-0.25, -0.2) is 0 Å². The average Bonchev–Trinajstić information content (AvgIpc) is 2.46. The smallest absolute Gasteiger partial charge is 0.261 e. The molecule has 5 nitrogen and oxygen atoms in total. The van der Waals surface area contributed by atoms with Gasteiger partial charge in [0, 0.05) is 12.1 Å². The van der Waals surface area contributed by atoms with Crippen LogP contribution in [0.1, 0.15) is 24.2 Å². The molecule has 0 aliphatic carbocycles. The van der Waals surface area contributed by atoms with E-state index in [9.17, 15) is 9.59 Å². The zero-order valence-electron chi connectivity index (χ0n) is 11.7. The van der Waals surface area contributed by atoms with Gasteiger partial charge in [-0.1, -0.05) is 6.08 Å². The third-order valence-corrected chi connectivity index (χ3v) is 2.50. The Morgan fingerprint density at radius 1 is 1.45 bits per heavy atom. The summed E-state index contributed by atoms with van der Waals surface area (Å²) in [7, 11) is 0. The maximum Gasteiger partial charge on any atom is 0.261 e. The molecule has 1 amide bonds. The Balaban J connectivity index is 2.82. The molecular weight excluding hydrogens is 258 g/mol. The van der Waals surface area contributed by atoms with Gasteiger partial charge in [-0.2, -0.15) is 0 Å². The molecule has 1 atom stereocenters. The number of carbonyl (C=O) groups excluding carboxylic acids is 2. The second-order valence-electron chi connectivity index (χ2n) is 4.05. The lowest BCUT2D eigenvalue weighted by molar-refractivity contribution is -0.127. The third-order valence-electron chi connectivity index (χ3n) is 2.50. The standard InChI is InChI=1S/C15H19NO4/c1-4-8-16-15(18)11(3)20-13-7-6-12(10-17)9-14(13)19-5-2/h4,6-7,9-11H,1,5,8H2,2-3H3,(H,16,18). The van der Waals surface area contributed by atoms with E-state index in [0.29, 0.717) is 30.2 Å². The molecule has 0 aliphatic heterocycles. The van der Waals surface area contributed by atoms with E-state index in [1.54, 1.807) is 31.2 Å². The van der Waals surface area contributed by atoms with Gasteiger partial charge < -0.3 is 14.8 Å². The van der Waals surface area contributed by atoms with Crippen molar-refractivity contribution < 1.29 is 19.1 Å². The van der Waals surface area contributed by atoms with Gasteiger partial charge in [-0.15, -0.1) is 6.58 Å². The van der Waals surface area contributed by atoms with E-state index in [2.05, 4.69) is 11.9 Å². The number of nitrogens with one attached hydrogen (secondary N) is 1. The summed E-state index contributed by atoms with van der Waals surface area (Å²) in [6, 6.07) is 4.81. The highest BCUT2D eigenvalue weighted by Gasteiger charge is 2.16. The summed E-state index contributed by atoms with van der Waals surface area (Å²) in [6.07, 6.45) is 1.65. The van der Waals surface area contributed by atoms with Gasteiger partial charge in [-0.3, -0.25) is 9.59 Å². The van der Waals surface area contributed by atoms with Crippen LogP contribution in [0.15, 0.2) is 30.9 Å². The van der Waals surface area contributed by atoms with Crippen molar-refractivity contribution in [3.8, 4) is 11.5 Å². The summed E-state index contributed by atoms with van der Waals surface area (Å²) < 4.78 is 11.0. The Morgan fingerprint density at radius 3 is 2.80 bits per heavy atom. The Hall–Kier alpha value is -2.30. The van der Waals surface area contributed by atoms with Crippen molar-refractivity contribution in [1.82, 2.24) is 5.32 Å². The number of hydrogen-bond donors (Lipinski definition) is 1. The zero-order chi connectivity index (χ0) is 15.0. The molecule has 0 aromatic heterocycles. The summed E-state index contributed by atoms with van der Waals surface area (Å²) in [4.78, 5) is 22.5. The van der Waals surface area contributed by atoms with Gasteiger partial charge in [0.15, 0.2) is 17.6 Å². The first-order chi connectivity index (χ1) is 9.62. The van der Waals surface area contributed by atoms with Crippen molar-refractivity contribution in [2.24, 2.45) is 0 Å². The number of hydrogen-bond acceptors (Lipinski definition) is 4. The number of benzene rings is 1. The fourth-order valence-electron chi connectivity index (χ4n) is 1.52. The highest BCUT2D eigenvalue weighted by atomic mass is 16.5. The van der Waals surface area contributed by atoms with Gasteiger partial charge in [0.05, 0.1) is 6.61 Å². The number of amides is 1. The first-order valence-electron chi connectivity index (χ1n) is 6.39. The molecule has 1 rings (SSSR count). The van der Waals surface area contributed by atoms with E-state index >= 15 is 0 Å². The molecule has 0 radical (unpaired) electrons. The summed E-state index contributed by atoms with van der Waals surface area (Å²) >= 11 is 0. The molecule has 1 aromatic rings. The summed E-state index contributed by atoms with van der Waals surface area (Å²) in [6.45, 7) is 7.82. The molecule has 108 valence electrons. The van der Waals surface area contributed by atoms with E-state index < -0.39 is 6.10 Å². The van der Waals surface area contributed by atoms with E-state index in [0.717, 1.165) is 6.29 Å². The summed E-state index contributed by atoms with van der Waals surface area (Å²) in [5.41, 5.74) is 0.490. The molecule has 0 saturated carbocycles. The van der Waals surface area contributed by atoms with Gasteiger partial charge in [0.25, 0.3) is 5.91 Å². The maximum atomic E-state index is 11.7. The summed E-state index contributed by atoms with van der Waals surface area (Å²) in [5.74, 6) is 0.631.